The molecule has 0 radical (unpaired) electrons. The summed E-state index contributed by atoms with van der Waals surface area (Å²) in [7, 11) is 1.57. The highest BCUT2D eigenvalue weighted by Gasteiger charge is 2.34. The van der Waals surface area contributed by atoms with Crippen LogP contribution in [-0.2, 0) is 16.7 Å². The second-order valence-electron chi connectivity index (χ2n) is 8.52. The van der Waals surface area contributed by atoms with E-state index in [-0.39, 0.29) is 5.69 Å². The van der Waals surface area contributed by atoms with Crippen molar-refractivity contribution in [2.45, 2.75) is 45.3 Å². The number of fused-ring (bicyclic) bond motifs is 2. The smallest absolute Gasteiger partial charge is 0.359 e. The molecule has 0 saturated heterocycles. The number of nitrogens with two attached hydrogens (primary N) is 1. The number of hydrogen-bond donors (Lipinski definition) is 2. The molecule has 3 aromatic heterocycles. The molecular weight excluding hydrogens is 384 g/mol. The zero-order chi connectivity index (χ0) is 21.7. The highest BCUT2D eigenvalue weighted by molar-refractivity contribution is 5.92. The van der Waals surface area contributed by atoms with Gasteiger partial charge in [-0.25, -0.2) is 24.7 Å². The highest BCUT2D eigenvalue weighted by Crippen LogP contribution is 2.33. The second-order valence-corrected chi connectivity index (χ2v) is 8.52. The molecule has 0 spiro atoms. The summed E-state index contributed by atoms with van der Waals surface area (Å²) in [6, 6.07) is 1.88. The quantitative estimate of drug-likeness (QED) is 0.627. The third-order valence-electron chi connectivity index (χ3n) is 4.88. The molecule has 0 aromatic carbocycles. The molecule has 0 bridgehead atoms. The number of nitrogens with zero attached hydrogens (tertiary/aromatic N) is 4. The van der Waals surface area contributed by atoms with Crippen molar-refractivity contribution >= 4 is 28.4 Å². The summed E-state index contributed by atoms with van der Waals surface area (Å²) in [5, 5.41) is 4.81. The van der Waals surface area contributed by atoms with Crippen LogP contribution in [0.3, 0.4) is 0 Å². The Labute approximate surface area is 174 Å². The van der Waals surface area contributed by atoms with Crippen molar-refractivity contribution in [1.29, 1.82) is 0 Å². The van der Waals surface area contributed by atoms with E-state index in [4.69, 9.17) is 15.2 Å². The number of anilines is 2. The third kappa shape index (κ3) is 3.63. The summed E-state index contributed by atoms with van der Waals surface area (Å²) in [5.74, 6) is 1.07. The van der Waals surface area contributed by atoms with Crippen LogP contribution in [0, 0.1) is 0 Å². The standard InChI is InChI=1S/C21H24N6O3/c1-20(2)7-14-17(19(28)30-20)24-10-16(26-14)27-15-6-11-12(8-23-15)18(29-5)25-9-13(11)21(3,4)22/h6,8-10H,7,22H2,1-5H3,(H,23,26,27). The molecule has 4 heterocycles. The molecule has 0 fully saturated rings. The lowest BCUT2D eigenvalue weighted by Gasteiger charge is -2.29. The Kier molecular flexibility index (Phi) is 4.58. The number of ether oxygens (including phenoxy) is 2. The van der Waals surface area contributed by atoms with E-state index in [9.17, 15) is 4.79 Å². The highest BCUT2D eigenvalue weighted by atomic mass is 16.6. The molecule has 1 aliphatic rings. The zero-order valence-corrected chi connectivity index (χ0v) is 17.6. The van der Waals surface area contributed by atoms with E-state index >= 15 is 0 Å². The summed E-state index contributed by atoms with van der Waals surface area (Å²) < 4.78 is 10.7. The molecule has 9 nitrogen and oxygen atoms in total. The van der Waals surface area contributed by atoms with Gasteiger partial charge in [0.1, 0.15) is 17.2 Å². The maximum atomic E-state index is 12.1. The molecule has 0 saturated carbocycles. The van der Waals surface area contributed by atoms with Gasteiger partial charge in [-0.1, -0.05) is 0 Å². The van der Waals surface area contributed by atoms with Crippen molar-refractivity contribution < 1.29 is 14.3 Å². The number of carbonyl (C=O) groups excluding carboxylic acids is 1. The van der Waals surface area contributed by atoms with E-state index < -0.39 is 17.1 Å². The number of nitrogens with one attached hydrogen (secondary N) is 1. The fourth-order valence-corrected chi connectivity index (χ4v) is 3.51. The van der Waals surface area contributed by atoms with Gasteiger partial charge in [-0.2, -0.15) is 0 Å². The minimum atomic E-state index is -0.621. The Morgan fingerprint density at radius 2 is 1.90 bits per heavy atom. The van der Waals surface area contributed by atoms with Gasteiger partial charge in [0, 0.05) is 24.4 Å². The van der Waals surface area contributed by atoms with Gasteiger partial charge in [-0.15, -0.1) is 0 Å². The van der Waals surface area contributed by atoms with E-state index in [2.05, 4.69) is 25.3 Å². The second kappa shape index (κ2) is 6.88. The van der Waals surface area contributed by atoms with Gasteiger partial charge in [0.25, 0.3) is 0 Å². The summed E-state index contributed by atoms with van der Waals surface area (Å²) in [6.45, 7) is 7.52. The fraction of sp³-hybridized carbons (Fsp3) is 0.381. The predicted molar refractivity (Wildman–Crippen MR) is 112 cm³/mol. The van der Waals surface area contributed by atoms with Crippen LogP contribution in [0.15, 0.2) is 24.7 Å². The largest absolute Gasteiger partial charge is 0.481 e. The van der Waals surface area contributed by atoms with Crippen molar-refractivity contribution in [3.05, 3.63) is 41.6 Å². The molecule has 0 aliphatic carbocycles. The van der Waals surface area contributed by atoms with E-state index in [1.165, 1.54) is 6.20 Å². The molecule has 30 heavy (non-hydrogen) atoms. The lowest BCUT2D eigenvalue weighted by atomic mass is 9.93. The Hall–Kier alpha value is -3.33. The maximum Gasteiger partial charge on any atom is 0.359 e. The first-order valence-electron chi connectivity index (χ1n) is 9.56. The predicted octanol–water partition coefficient (Wildman–Crippen LogP) is 2.86. The first-order valence-corrected chi connectivity index (χ1v) is 9.56. The van der Waals surface area contributed by atoms with Gasteiger partial charge in [0.05, 0.1) is 24.4 Å². The van der Waals surface area contributed by atoms with Gasteiger partial charge in [0.15, 0.2) is 5.69 Å². The molecule has 0 atom stereocenters. The number of aromatic nitrogens is 4. The molecule has 3 N–H and O–H groups in total. The van der Waals surface area contributed by atoms with E-state index in [1.807, 2.05) is 33.8 Å². The third-order valence-corrected chi connectivity index (χ3v) is 4.88. The fourth-order valence-electron chi connectivity index (χ4n) is 3.51. The molecule has 3 aromatic rings. The monoisotopic (exact) mass is 408 g/mol. The Morgan fingerprint density at radius 3 is 2.60 bits per heavy atom. The topological polar surface area (TPSA) is 125 Å². The van der Waals surface area contributed by atoms with E-state index in [0.29, 0.717) is 29.6 Å². The molecule has 9 heteroatoms. The number of pyridine rings is 2. The summed E-state index contributed by atoms with van der Waals surface area (Å²) in [4.78, 5) is 29.7. The molecular formula is C21H24N6O3. The van der Waals surface area contributed by atoms with Gasteiger partial charge in [0.2, 0.25) is 5.88 Å². The van der Waals surface area contributed by atoms with E-state index in [1.54, 1.807) is 19.5 Å². The zero-order valence-electron chi connectivity index (χ0n) is 17.6. The normalized spacial score (nSPS) is 15.5. The van der Waals surface area contributed by atoms with Crippen LogP contribution in [0.25, 0.3) is 10.8 Å². The van der Waals surface area contributed by atoms with Crippen molar-refractivity contribution in [3.8, 4) is 5.88 Å². The van der Waals surface area contributed by atoms with Gasteiger partial charge >= 0.3 is 5.97 Å². The maximum absolute atomic E-state index is 12.1. The minimum Gasteiger partial charge on any atom is -0.481 e. The number of esters is 1. The van der Waals surface area contributed by atoms with Crippen molar-refractivity contribution in [1.82, 2.24) is 19.9 Å². The Balaban J connectivity index is 1.74. The Morgan fingerprint density at radius 1 is 1.13 bits per heavy atom. The van der Waals surface area contributed by atoms with Crippen LogP contribution in [0.1, 0.15) is 49.4 Å². The number of rotatable bonds is 4. The molecule has 0 amide bonds. The van der Waals surface area contributed by atoms with Crippen LogP contribution in [0.4, 0.5) is 11.6 Å². The van der Waals surface area contributed by atoms with Crippen molar-refractivity contribution in [2.24, 2.45) is 5.73 Å². The molecule has 1 aliphatic heterocycles. The summed E-state index contributed by atoms with van der Waals surface area (Å²) in [6.07, 6.45) is 5.38. The number of cyclic esters (lactones) is 1. The summed E-state index contributed by atoms with van der Waals surface area (Å²) in [5.41, 5.74) is 6.82. The van der Waals surface area contributed by atoms with Crippen LogP contribution >= 0.6 is 0 Å². The molecule has 4 rings (SSSR count). The van der Waals surface area contributed by atoms with Crippen LogP contribution < -0.4 is 15.8 Å². The van der Waals surface area contributed by atoms with E-state index in [0.717, 1.165) is 16.3 Å². The lowest BCUT2D eigenvalue weighted by molar-refractivity contribution is -0.00811. The van der Waals surface area contributed by atoms with Gasteiger partial charge < -0.3 is 20.5 Å². The average Bonchev–Trinajstić information content (AvgIpc) is 2.64. The number of hydrogen-bond acceptors (Lipinski definition) is 9. The van der Waals surface area contributed by atoms with Crippen LogP contribution in [-0.4, -0.2) is 38.6 Å². The van der Waals surface area contributed by atoms with Crippen LogP contribution in [0.5, 0.6) is 5.88 Å². The molecule has 0 unspecified atom stereocenters. The summed E-state index contributed by atoms with van der Waals surface area (Å²) >= 11 is 0. The van der Waals surface area contributed by atoms with Crippen molar-refractivity contribution in [2.75, 3.05) is 12.4 Å². The first-order chi connectivity index (χ1) is 14.1. The average molecular weight is 408 g/mol. The van der Waals surface area contributed by atoms with Gasteiger partial charge in [-0.05, 0) is 44.7 Å². The number of methoxy groups -OCH3 is 1. The molecule has 156 valence electrons. The van der Waals surface area contributed by atoms with Crippen LogP contribution in [0.2, 0.25) is 0 Å². The lowest BCUT2D eigenvalue weighted by Crippen LogP contribution is -2.37. The van der Waals surface area contributed by atoms with Gasteiger partial charge in [-0.3, -0.25) is 0 Å². The minimum absolute atomic E-state index is 0.245. The first kappa shape index (κ1) is 20.0. The van der Waals surface area contributed by atoms with Crippen molar-refractivity contribution in [3.63, 3.8) is 0 Å². The number of carbonyl (C=O) groups is 1. The SMILES string of the molecule is COc1ncc(C(C)(C)N)c2cc(Nc3cnc4c(n3)CC(C)(C)OC4=O)ncc12. The Bertz CT molecular complexity index is 1150.